The van der Waals surface area contributed by atoms with E-state index < -0.39 is 0 Å². The lowest BCUT2D eigenvalue weighted by Crippen LogP contribution is -2.29. The zero-order chi connectivity index (χ0) is 9.23. The van der Waals surface area contributed by atoms with Crippen LogP contribution in [0.1, 0.15) is 12.8 Å². The molecular weight excluding hydrogens is 156 g/mol. The highest BCUT2D eigenvalue weighted by Crippen LogP contribution is 1.92. The molecule has 4 heteroatoms. The average molecular weight is 171 g/mol. The van der Waals surface area contributed by atoms with Crippen LogP contribution in [0, 0.1) is 11.3 Å². The van der Waals surface area contributed by atoms with Crippen molar-refractivity contribution < 1.29 is 10.2 Å². The molecule has 0 saturated carbocycles. The Balaban J connectivity index is 3.48. The topological polar surface area (TPSA) is 67.2 Å². The van der Waals surface area contributed by atoms with Crippen molar-refractivity contribution in [3.05, 3.63) is 0 Å². The highest BCUT2D eigenvalue weighted by atomic mass is 16.3. The minimum Gasteiger partial charge on any atom is -0.395 e. The SMILES string of the molecule is N#CCCN(CCO)CCC[O]. The molecular formula is C8H15N2O2. The standard InChI is InChI=1S/C8H15N2O2/c9-3-1-4-10(6-8-12)5-2-7-11/h12H,1-2,4-8H2. The molecule has 0 rings (SSSR count). The van der Waals surface area contributed by atoms with Crippen LogP contribution < -0.4 is 0 Å². The van der Waals surface area contributed by atoms with Crippen LogP contribution in [0.4, 0.5) is 0 Å². The van der Waals surface area contributed by atoms with Crippen LogP contribution in [-0.4, -0.2) is 42.9 Å². The van der Waals surface area contributed by atoms with Crippen LogP contribution in [0.15, 0.2) is 0 Å². The molecule has 0 bridgehead atoms. The van der Waals surface area contributed by atoms with Crippen molar-refractivity contribution in [1.29, 1.82) is 5.26 Å². The first-order chi connectivity index (χ1) is 5.85. The summed E-state index contributed by atoms with van der Waals surface area (Å²) in [6, 6.07) is 2.03. The number of hydrogen-bond acceptors (Lipinski definition) is 3. The Hall–Kier alpha value is -0.630. The van der Waals surface area contributed by atoms with Crippen LogP contribution in [0.2, 0.25) is 0 Å². The first-order valence-corrected chi connectivity index (χ1v) is 4.13. The molecule has 0 aromatic carbocycles. The third-order valence-corrected chi connectivity index (χ3v) is 1.57. The second kappa shape index (κ2) is 8.47. The van der Waals surface area contributed by atoms with Crippen LogP contribution in [0.25, 0.3) is 0 Å². The lowest BCUT2D eigenvalue weighted by atomic mass is 10.3. The summed E-state index contributed by atoms with van der Waals surface area (Å²) < 4.78 is 0. The monoisotopic (exact) mass is 171 g/mol. The van der Waals surface area contributed by atoms with Gasteiger partial charge in [-0.05, 0) is 6.42 Å². The third-order valence-electron chi connectivity index (χ3n) is 1.57. The van der Waals surface area contributed by atoms with E-state index in [1.54, 1.807) is 0 Å². The molecule has 0 atom stereocenters. The Labute approximate surface area is 73.0 Å². The van der Waals surface area contributed by atoms with Crippen LogP contribution in [0.5, 0.6) is 0 Å². The van der Waals surface area contributed by atoms with Gasteiger partial charge in [0.2, 0.25) is 0 Å². The Morgan fingerprint density at radius 3 is 2.58 bits per heavy atom. The average Bonchev–Trinajstić information content (AvgIpc) is 2.10. The van der Waals surface area contributed by atoms with E-state index in [1.807, 2.05) is 11.0 Å². The number of aliphatic hydroxyl groups is 1. The molecule has 0 spiro atoms. The zero-order valence-electron chi connectivity index (χ0n) is 7.20. The fourth-order valence-electron chi connectivity index (χ4n) is 0.973. The Morgan fingerprint density at radius 1 is 1.33 bits per heavy atom. The van der Waals surface area contributed by atoms with Crippen molar-refractivity contribution >= 4 is 0 Å². The quantitative estimate of drug-likeness (QED) is 0.587. The van der Waals surface area contributed by atoms with Gasteiger partial charge in [-0.1, -0.05) is 0 Å². The maximum Gasteiger partial charge on any atom is 0.0834 e. The Morgan fingerprint density at radius 2 is 2.08 bits per heavy atom. The molecule has 1 radical (unpaired) electrons. The predicted octanol–water partition coefficient (Wildman–Crippen LogP) is 0.0150. The zero-order valence-corrected chi connectivity index (χ0v) is 7.20. The molecule has 0 aliphatic heterocycles. The minimum atomic E-state index is -0.0888. The van der Waals surface area contributed by atoms with Gasteiger partial charge >= 0.3 is 0 Å². The fraction of sp³-hybridized carbons (Fsp3) is 0.875. The molecule has 0 aliphatic rings. The Bertz CT molecular complexity index is 134. The van der Waals surface area contributed by atoms with Gasteiger partial charge < -0.3 is 5.11 Å². The summed E-state index contributed by atoms with van der Waals surface area (Å²) in [5.74, 6) is 0. The van der Waals surface area contributed by atoms with E-state index in [0.29, 0.717) is 32.5 Å². The maximum atomic E-state index is 10.2. The van der Waals surface area contributed by atoms with E-state index in [1.165, 1.54) is 0 Å². The molecule has 0 fully saturated rings. The summed E-state index contributed by atoms with van der Waals surface area (Å²) in [7, 11) is 0. The van der Waals surface area contributed by atoms with Crippen molar-refractivity contribution in [3.63, 3.8) is 0 Å². The van der Waals surface area contributed by atoms with E-state index in [2.05, 4.69) is 0 Å². The van der Waals surface area contributed by atoms with Gasteiger partial charge in [0.25, 0.3) is 0 Å². The van der Waals surface area contributed by atoms with Crippen molar-refractivity contribution in [2.45, 2.75) is 12.8 Å². The summed E-state index contributed by atoms with van der Waals surface area (Å²) in [4.78, 5) is 1.93. The molecule has 0 aliphatic carbocycles. The molecule has 0 aromatic heterocycles. The highest BCUT2D eigenvalue weighted by Gasteiger charge is 2.02. The second-order valence-electron chi connectivity index (χ2n) is 2.53. The minimum absolute atomic E-state index is 0.0876. The van der Waals surface area contributed by atoms with Gasteiger partial charge in [0.05, 0.1) is 19.3 Å². The summed E-state index contributed by atoms with van der Waals surface area (Å²) in [6.07, 6.45) is 1.05. The smallest absolute Gasteiger partial charge is 0.0834 e. The molecule has 0 saturated heterocycles. The predicted molar refractivity (Wildman–Crippen MR) is 43.9 cm³/mol. The number of nitriles is 1. The van der Waals surface area contributed by atoms with Gasteiger partial charge in [-0.15, -0.1) is 0 Å². The van der Waals surface area contributed by atoms with E-state index >= 15 is 0 Å². The number of nitrogens with zero attached hydrogens (tertiary/aromatic N) is 2. The van der Waals surface area contributed by atoms with Gasteiger partial charge in [-0.25, -0.2) is 5.11 Å². The first kappa shape index (κ1) is 11.4. The molecule has 69 valence electrons. The molecule has 0 aromatic rings. The Kier molecular flexibility index (Phi) is 8.02. The second-order valence-corrected chi connectivity index (χ2v) is 2.53. The van der Waals surface area contributed by atoms with Gasteiger partial charge in [0.15, 0.2) is 0 Å². The van der Waals surface area contributed by atoms with Crippen LogP contribution >= 0.6 is 0 Å². The number of hydrogen-bond donors (Lipinski definition) is 1. The molecule has 4 nitrogen and oxygen atoms in total. The van der Waals surface area contributed by atoms with E-state index in [4.69, 9.17) is 10.4 Å². The molecule has 0 unspecified atom stereocenters. The van der Waals surface area contributed by atoms with E-state index in [0.717, 1.165) is 0 Å². The lowest BCUT2D eigenvalue weighted by molar-refractivity contribution is 0.152. The normalized spacial score (nSPS) is 10.2. The van der Waals surface area contributed by atoms with Crippen molar-refractivity contribution in [3.8, 4) is 6.07 Å². The largest absolute Gasteiger partial charge is 0.395 e. The van der Waals surface area contributed by atoms with Crippen LogP contribution in [-0.2, 0) is 5.11 Å². The van der Waals surface area contributed by atoms with Crippen LogP contribution in [0.3, 0.4) is 0 Å². The van der Waals surface area contributed by atoms with Gasteiger partial charge in [-0.3, -0.25) is 4.90 Å². The summed E-state index contributed by atoms with van der Waals surface area (Å²) in [5.41, 5.74) is 0. The molecule has 1 N–H and O–H groups in total. The lowest BCUT2D eigenvalue weighted by Gasteiger charge is -2.18. The summed E-state index contributed by atoms with van der Waals surface area (Å²) >= 11 is 0. The highest BCUT2D eigenvalue weighted by molar-refractivity contribution is 4.72. The maximum absolute atomic E-state index is 10.2. The summed E-state index contributed by atoms with van der Waals surface area (Å²) in [5, 5.41) is 27.1. The van der Waals surface area contributed by atoms with Gasteiger partial charge in [0.1, 0.15) is 0 Å². The van der Waals surface area contributed by atoms with Crippen molar-refractivity contribution in [1.82, 2.24) is 4.90 Å². The first-order valence-electron chi connectivity index (χ1n) is 4.13. The van der Waals surface area contributed by atoms with Gasteiger partial charge in [-0.2, -0.15) is 5.26 Å². The molecule has 0 heterocycles. The van der Waals surface area contributed by atoms with E-state index in [-0.39, 0.29) is 13.2 Å². The van der Waals surface area contributed by atoms with Crippen molar-refractivity contribution in [2.75, 3.05) is 32.8 Å². The summed E-state index contributed by atoms with van der Waals surface area (Å²) in [6.45, 7) is 1.89. The third kappa shape index (κ3) is 6.10. The number of rotatable bonds is 7. The fourth-order valence-corrected chi connectivity index (χ4v) is 0.973. The van der Waals surface area contributed by atoms with E-state index in [9.17, 15) is 5.11 Å². The van der Waals surface area contributed by atoms with Crippen molar-refractivity contribution in [2.24, 2.45) is 0 Å². The van der Waals surface area contributed by atoms with Gasteiger partial charge in [0, 0.05) is 26.1 Å². The number of aliphatic hydroxyl groups excluding tert-OH is 1. The molecule has 12 heavy (non-hydrogen) atoms. The molecule has 0 amide bonds.